The van der Waals surface area contributed by atoms with Crippen LogP contribution in [0.2, 0.25) is 0 Å². The Balaban J connectivity index is 2.33. The summed E-state index contributed by atoms with van der Waals surface area (Å²) >= 11 is 0. The fourth-order valence-corrected chi connectivity index (χ4v) is 5.08. The first-order valence-electron chi connectivity index (χ1n) is 10.9. The summed E-state index contributed by atoms with van der Waals surface area (Å²) in [7, 11) is -4.34. The zero-order chi connectivity index (χ0) is 22.4. The second kappa shape index (κ2) is 8.40. The number of hydrogen-bond acceptors (Lipinski definition) is 3. The summed E-state index contributed by atoms with van der Waals surface area (Å²) in [4.78, 5) is 10.6. The largest absolute Gasteiger partial charge is 0.584 e. The molecule has 5 heteroatoms. The standard InChI is InChI=1S/C25H35O4P/c1-14(2)20-12-22(16(5)6)24-10-18(20)9-19-11-25(29-30(26,27)28-24)23(17(7)8)13-21(19)15(3)4/h10-17H,9H2,1-8H3,(H,26,27). The molecule has 0 saturated carbocycles. The normalized spacial score (nSPS) is 15.5. The molecule has 1 N–H and O–H groups in total. The van der Waals surface area contributed by atoms with Gasteiger partial charge >= 0.3 is 7.82 Å². The first kappa shape index (κ1) is 22.9. The second-order valence-electron chi connectivity index (χ2n) is 9.62. The van der Waals surface area contributed by atoms with Gasteiger partial charge in [-0.15, -0.1) is 0 Å². The number of hydrogen-bond donors (Lipinski definition) is 1. The van der Waals surface area contributed by atoms with Gasteiger partial charge in [0.25, 0.3) is 0 Å². The number of phosphoric acid groups is 1. The monoisotopic (exact) mass is 430 g/mol. The smallest absolute Gasteiger partial charge is 0.395 e. The molecule has 0 unspecified atom stereocenters. The van der Waals surface area contributed by atoms with Crippen LogP contribution in [-0.4, -0.2) is 4.89 Å². The summed E-state index contributed by atoms with van der Waals surface area (Å²) in [5, 5.41) is 0. The van der Waals surface area contributed by atoms with Crippen LogP contribution in [-0.2, 0) is 11.0 Å². The Bertz CT molecular complexity index is 914. The van der Waals surface area contributed by atoms with E-state index in [9.17, 15) is 9.46 Å². The third-order valence-electron chi connectivity index (χ3n) is 5.84. The van der Waals surface area contributed by atoms with Crippen molar-refractivity contribution in [2.24, 2.45) is 0 Å². The number of fused-ring (bicyclic) bond motifs is 4. The summed E-state index contributed by atoms with van der Waals surface area (Å²) in [5.41, 5.74) is 6.64. The lowest BCUT2D eigenvalue weighted by Gasteiger charge is -2.27. The molecule has 2 aromatic rings. The third-order valence-corrected chi connectivity index (χ3v) is 6.69. The highest BCUT2D eigenvalue weighted by Crippen LogP contribution is 2.50. The van der Waals surface area contributed by atoms with Gasteiger partial charge in [-0.05, 0) is 75.6 Å². The van der Waals surface area contributed by atoms with Crippen molar-refractivity contribution in [3.8, 4) is 11.5 Å². The average molecular weight is 431 g/mol. The van der Waals surface area contributed by atoms with Gasteiger partial charge in [0.05, 0.1) is 0 Å². The van der Waals surface area contributed by atoms with E-state index in [1.165, 1.54) is 11.1 Å². The summed E-state index contributed by atoms with van der Waals surface area (Å²) in [5.74, 6) is 1.87. The van der Waals surface area contributed by atoms with Gasteiger partial charge < -0.3 is 9.05 Å². The number of benzene rings is 2. The van der Waals surface area contributed by atoms with Crippen molar-refractivity contribution in [3.63, 3.8) is 0 Å². The van der Waals surface area contributed by atoms with E-state index in [2.05, 4.69) is 67.5 Å². The molecule has 4 bridgehead atoms. The molecule has 2 aromatic carbocycles. The molecule has 4 nitrogen and oxygen atoms in total. The maximum absolute atomic E-state index is 13.0. The first-order valence-corrected chi connectivity index (χ1v) is 12.4. The molecule has 0 atom stereocenters. The Morgan fingerprint density at radius 3 is 1.30 bits per heavy atom. The van der Waals surface area contributed by atoms with Crippen LogP contribution in [0.3, 0.4) is 0 Å². The summed E-state index contributed by atoms with van der Waals surface area (Å²) in [6, 6.07) is 8.17. The predicted molar refractivity (Wildman–Crippen MR) is 123 cm³/mol. The zero-order valence-corrected chi connectivity index (χ0v) is 20.3. The van der Waals surface area contributed by atoms with Crippen LogP contribution < -0.4 is 9.05 Å². The Morgan fingerprint density at radius 1 is 0.667 bits per heavy atom. The van der Waals surface area contributed by atoms with Crippen LogP contribution in [0.25, 0.3) is 0 Å². The lowest BCUT2D eigenvalue weighted by molar-refractivity contribution is 0.288. The second-order valence-corrected chi connectivity index (χ2v) is 10.9. The highest BCUT2D eigenvalue weighted by molar-refractivity contribution is 7.48. The van der Waals surface area contributed by atoms with E-state index < -0.39 is 7.82 Å². The SMILES string of the molecule is CC(C)c1cc(C(C)C)c2cc1Cc1cc(c(C(C)C)cc1C(C)C)OP(=O)(O)O2. The fraction of sp³-hybridized carbons (Fsp3) is 0.520. The van der Waals surface area contributed by atoms with E-state index in [0.29, 0.717) is 23.3 Å². The van der Waals surface area contributed by atoms with Crippen LogP contribution in [0, 0.1) is 0 Å². The highest BCUT2D eigenvalue weighted by Gasteiger charge is 2.31. The molecule has 1 aliphatic rings. The molecule has 0 aromatic heterocycles. The van der Waals surface area contributed by atoms with Crippen molar-refractivity contribution in [1.29, 1.82) is 0 Å². The van der Waals surface area contributed by atoms with E-state index in [4.69, 9.17) is 9.05 Å². The van der Waals surface area contributed by atoms with Gasteiger partial charge in [-0.25, -0.2) is 4.57 Å². The molecule has 30 heavy (non-hydrogen) atoms. The van der Waals surface area contributed by atoms with Crippen molar-refractivity contribution < 1.29 is 18.5 Å². The van der Waals surface area contributed by atoms with Crippen molar-refractivity contribution in [2.45, 2.75) is 85.5 Å². The minimum Gasteiger partial charge on any atom is -0.395 e. The van der Waals surface area contributed by atoms with Gasteiger partial charge in [-0.1, -0.05) is 67.5 Å². The Labute approximate surface area is 181 Å². The molecule has 1 heterocycles. The van der Waals surface area contributed by atoms with Crippen molar-refractivity contribution in [3.05, 3.63) is 57.6 Å². The molecular weight excluding hydrogens is 395 g/mol. The van der Waals surface area contributed by atoms with E-state index in [-0.39, 0.29) is 11.8 Å². The molecule has 0 spiro atoms. The number of rotatable bonds is 4. The maximum atomic E-state index is 13.0. The van der Waals surface area contributed by atoms with Gasteiger partial charge in [-0.3, -0.25) is 4.89 Å². The Kier molecular flexibility index (Phi) is 6.41. The molecule has 0 aliphatic carbocycles. The third kappa shape index (κ3) is 4.60. The zero-order valence-electron chi connectivity index (χ0n) is 19.4. The summed E-state index contributed by atoms with van der Waals surface area (Å²) in [6.45, 7) is 17.0. The molecule has 0 radical (unpaired) electrons. The van der Waals surface area contributed by atoms with Crippen LogP contribution >= 0.6 is 7.82 Å². The topological polar surface area (TPSA) is 55.8 Å². The van der Waals surface area contributed by atoms with Crippen LogP contribution in [0.15, 0.2) is 24.3 Å². The van der Waals surface area contributed by atoms with E-state index >= 15 is 0 Å². The number of phosphoric ester groups is 1. The molecule has 164 valence electrons. The molecule has 0 saturated heterocycles. The molecular formula is C25H35O4P. The average Bonchev–Trinajstić information content (AvgIpc) is 2.59. The summed E-state index contributed by atoms with van der Waals surface area (Å²) in [6.07, 6.45) is 0.736. The minimum absolute atomic E-state index is 0.157. The minimum atomic E-state index is -4.34. The van der Waals surface area contributed by atoms with Gasteiger partial charge in [0.1, 0.15) is 11.5 Å². The fourth-order valence-electron chi connectivity index (χ4n) is 4.23. The Hall–Kier alpha value is -1.77. The van der Waals surface area contributed by atoms with Gasteiger partial charge in [0.2, 0.25) is 0 Å². The molecule has 3 rings (SSSR count). The maximum Gasteiger partial charge on any atom is 0.584 e. The highest BCUT2D eigenvalue weighted by atomic mass is 31.2. The lowest BCUT2D eigenvalue weighted by atomic mass is 9.84. The van der Waals surface area contributed by atoms with Gasteiger partial charge in [0.15, 0.2) is 0 Å². The van der Waals surface area contributed by atoms with Crippen LogP contribution in [0.5, 0.6) is 11.5 Å². The van der Waals surface area contributed by atoms with E-state index in [1.807, 2.05) is 12.1 Å². The van der Waals surface area contributed by atoms with Crippen LogP contribution in [0.1, 0.15) is 112 Å². The van der Waals surface area contributed by atoms with Gasteiger partial charge in [-0.2, -0.15) is 0 Å². The predicted octanol–water partition coefficient (Wildman–Crippen LogP) is 7.64. The molecule has 1 aliphatic heterocycles. The van der Waals surface area contributed by atoms with Gasteiger partial charge in [0, 0.05) is 0 Å². The van der Waals surface area contributed by atoms with Crippen LogP contribution in [0.4, 0.5) is 0 Å². The lowest BCUT2D eigenvalue weighted by Crippen LogP contribution is -2.11. The van der Waals surface area contributed by atoms with Crippen molar-refractivity contribution in [2.75, 3.05) is 0 Å². The van der Waals surface area contributed by atoms with E-state index in [0.717, 1.165) is 28.7 Å². The quantitative estimate of drug-likeness (QED) is 0.506. The first-order chi connectivity index (χ1) is 13.9. The summed E-state index contributed by atoms with van der Waals surface area (Å²) < 4.78 is 24.3. The van der Waals surface area contributed by atoms with Crippen molar-refractivity contribution in [1.82, 2.24) is 0 Å². The molecule has 0 amide bonds. The van der Waals surface area contributed by atoms with Crippen molar-refractivity contribution >= 4 is 7.82 Å². The van der Waals surface area contributed by atoms with E-state index in [1.54, 1.807) is 0 Å². The molecule has 0 fully saturated rings. The Morgan fingerprint density at radius 2 is 1.00 bits per heavy atom.